The lowest BCUT2D eigenvalue weighted by atomic mass is 10.1. The van der Waals surface area contributed by atoms with Gasteiger partial charge in [0.15, 0.2) is 0 Å². The van der Waals surface area contributed by atoms with Crippen LogP contribution in [0, 0.1) is 0 Å². The number of nitrogens with one attached hydrogen (secondary N) is 1. The first kappa shape index (κ1) is 24.9. The van der Waals surface area contributed by atoms with Gasteiger partial charge in [-0.1, -0.05) is 35.9 Å². The Morgan fingerprint density at radius 1 is 0.917 bits per heavy atom. The van der Waals surface area contributed by atoms with E-state index in [1.54, 1.807) is 66.7 Å². The molecule has 36 heavy (non-hydrogen) atoms. The third-order valence-corrected chi connectivity index (χ3v) is 6.02. The maximum atomic E-state index is 13.3. The minimum Gasteiger partial charge on any atom is -0.481 e. The summed E-state index contributed by atoms with van der Waals surface area (Å²) < 4.78 is 0. The number of hydrogen-bond donors (Lipinski definition) is 2. The molecule has 9 heteroatoms. The molecule has 3 aromatic carbocycles. The topological polar surface area (TPSA) is 107 Å². The monoisotopic (exact) mass is 505 g/mol. The molecule has 0 unspecified atom stereocenters. The third kappa shape index (κ3) is 5.39. The van der Waals surface area contributed by atoms with Crippen LogP contribution in [-0.2, 0) is 27.3 Å². The van der Waals surface area contributed by atoms with Crippen molar-refractivity contribution < 1.29 is 24.3 Å². The predicted octanol–water partition coefficient (Wildman–Crippen LogP) is 4.32. The molecule has 8 nitrogen and oxygen atoms in total. The molecule has 1 aliphatic heterocycles. The van der Waals surface area contributed by atoms with Crippen molar-refractivity contribution in [2.75, 3.05) is 16.3 Å². The second-order valence-corrected chi connectivity index (χ2v) is 8.75. The molecule has 4 rings (SSSR count). The summed E-state index contributed by atoms with van der Waals surface area (Å²) in [6, 6.07) is 18.5. The molecule has 0 atom stereocenters. The van der Waals surface area contributed by atoms with Crippen LogP contribution in [0.1, 0.15) is 34.8 Å². The number of halogens is 1. The second kappa shape index (κ2) is 10.6. The predicted molar refractivity (Wildman–Crippen MR) is 137 cm³/mol. The van der Waals surface area contributed by atoms with Crippen LogP contribution in [-0.4, -0.2) is 35.3 Å². The van der Waals surface area contributed by atoms with Crippen molar-refractivity contribution in [1.82, 2.24) is 5.32 Å². The highest BCUT2D eigenvalue weighted by Crippen LogP contribution is 2.39. The van der Waals surface area contributed by atoms with Crippen molar-refractivity contribution in [3.05, 3.63) is 88.4 Å². The van der Waals surface area contributed by atoms with E-state index in [4.69, 9.17) is 16.7 Å². The van der Waals surface area contributed by atoms with E-state index in [-0.39, 0.29) is 25.3 Å². The van der Waals surface area contributed by atoms with Gasteiger partial charge in [-0.3, -0.25) is 24.1 Å². The molecule has 184 valence electrons. The highest BCUT2D eigenvalue weighted by atomic mass is 35.5. The van der Waals surface area contributed by atoms with Crippen LogP contribution in [0.5, 0.6) is 0 Å². The van der Waals surface area contributed by atoms with Crippen LogP contribution in [0.2, 0.25) is 5.02 Å². The van der Waals surface area contributed by atoms with Gasteiger partial charge in [-0.15, -0.1) is 0 Å². The van der Waals surface area contributed by atoms with E-state index in [9.17, 15) is 19.2 Å². The van der Waals surface area contributed by atoms with Crippen LogP contribution in [0.3, 0.4) is 0 Å². The molecule has 1 aliphatic rings. The SMILES string of the molecule is CCNC(=O)c1ccc2c(c1)N(Cc1ccc(Cl)cc1)C(=O)CC(=O)N2c1ccc(CC(=O)O)cc1. The van der Waals surface area contributed by atoms with Gasteiger partial charge in [0.25, 0.3) is 5.91 Å². The smallest absolute Gasteiger partial charge is 0.307 e. The first-order valence-corrected chi connectivity index (χ1v) is 11.8. The Balaban J connectivity index is 1.82. The summed E-state index contributed by atoms with van der Waals surface area (Å²) in [7, 11) is 0. The Morgan fingerprint density at radius 3 is 2.22 bits per heavy atom. The number of anilines is 3. The van der Waals surface area contributed by atoms with E-state index in [0.717, 1.165) is 5.56 Å². The number of amides is 3. The first-order chi connectivity index (χ1) is 17.3. The molecule has 1 heterocycles. The third-order valence-electron chi connectivity index (χ3n) is 5.76. The number of carbonyl (C=O) groups is 4. The van der Waals surface area contributed by atoms with Crippen molar-refractivity contribution in [3.63, 3.8) is 0 Å². The summed E-state index contributed by atoms with van der Waals surface area (Å²) in [4.78, 5) is 53.2. The normalized spacial score (nSPS) is 13.3. The average molecular weight is 506 g/mol. The van der Waals surface area contributed by atoms with Gasteiger partial charge in [0.05, 0.1) is 24.3 Å². The van der Waals surface area contributed by atoms with Crippen molar-refractivity contribution in [1.29, 1.82) is 0 Å². The zero-order chi connectivity index (χ0) is 25.8. The Morgan fingerprint density at radius 2 is 1.58 bits per heavy atom. The number of nitrogens with zero attached hydrogens (tertiary/aromatic N) is 2. The van der Waals surface area contributed by atoms with Gasteiger partial charge in [0.2, 0.25) is 11.8 Å². The lowest BCUT2D eigenvalue weighted by Gasteiger charge is -2.26. The standard InChI is InChI=1S/C27H24ClN3O5/c1-2-29-27(36)19-7-12-22-23(14-19)30(16-18-3-8-20(28)9-4-18)24(32)15-25(33)31(22)21-10-5-17(6-11-21)13-26(34)35/h3-12,14H,2,13,15-16H2,1H3,(H,29,36)(H,34,35). The zero-order valence-electron chi connectivity index (χ0n) is 19.5. The van der Waals surface area contributed by atoms with Crippen molar-refractivity contribution in [2.24, 2.45) is 0 Å². The Labute approximate surface area is 213 Å². The summed E-state index contributed by atoms with van der Waals surface area (Å²) in [6.07, 6.45) is -0.524. The van der Waals surface area contributed by atoms with Crippen molar-refractivity contribution >= 4 is 52.4 Å². The number of benzene rings is 3. The quantitative estimate of drug-likeness (QED) is 0.465. The van der Waals surface area contributed by atoms with Gasteiger partial charge in [-0.2, -0.15) is 0 Å². The fourth-order valence-electron chi connectivity index (χ4n) is 4.07. The molecule has 0 aromatic heterocycles. The molecule has 0 saturated heterocycles. The summed E-state index contributed by atoms with van der Waals surface area (Å²) in [6.45, 7) is 2.43. The Bertz CT molecular complexity index is 1320. The molecular weight excluding hydrogens is 482 g/mol. The lowest BCUT2D eigenvalue weighted by molar-refractivity contribution is -0.136. The Hall–Kier alpha value is -4.17. The van der Waals surface area contributed by atoms with E-state index in [1.165, 1.54) is 9.80 Å². The largest absolute Gasteiger partial charge is 0.481 e. The fourth-order valence-corrected chi connectivity index (χ4v) is 4.20. The number of fused-ring (bicyclic) bond motifs is 1. The number of aliphatic carboxylic acids is 1. The number of hydrogen-bond acceptors (Lipinski definition) is 4. The zero-order valence-corrected chi connectivity index (χ0v) is 20.3. The van der Waals surface area contributed by atoms with Crippen molar-refractivity contribution in [3.8, 4) is 0 Å². The summed E-state index contributed by atoms with van der Waals surface area (Å²) in [5.41, 5.74) is 3.10. The number of carboxylic acid groups (broad SMARTS) is 1. The Kier molecular flexibility index (Phi) is 7.36. The number of carbonyl (C=O) groups excluding carboxylic acids is 3. The van der Waals surface area contributed by atoms with Crippen LogP contribution in [0.4, 0.5) is 17.1 Å². The number of rotatable bonds is 7. The van der Waals surface area contributed by atoms with E-state index >= 15 is 0 Å². The van der Waals surface area contributed by atoms with E-state index in [1.807, 2.05) is 6.92 Å². The summed E-state index contributed by atoms with van der Waals surface area (Å²) in [5.74, 6) is -2.09. The first-order valence-electron chi connectivity index (χ1n) is 11.4. The molecular formula is C27H24ClN3O5. The van der Waals surface area contributed by atoms with Gasteiger partial charge in [0, 0.05) is 22.8 Å². The molecule has 3 amide bonds. The van der Waals surface area contributed by atoms with Crippen LogP contribution >= 0.6 is 11.6 Å². The van der Waals surface area contributed by atoms with Crippen LogP contribution in [0.15, 0.2) is 66.7 Å². The van der Waals surface area contributed by atoms with Crippen LogP contribution < -0.4 is 15.1 Å². The molecule has 0 bridgehead atoms. The summed E-state index contributed by atoms with van der Waals surface area (Å²) in [5, 5.41) is 12.4. The highest BCUT2D eigenvalue weighted by molar-refractivity contribution is 6.30. The maximum absolute atomic E-state index is 13.3. The minimum absolute atomic E-state index is 0.145. The van der Waals surface area contributed by atoms with Gasteiger partial charge in [-0.05, 0) is 60.5 Å². The fraction of sp³-hybridized carbons (Fsp3) is 0.185. The number of carboxylic acids is 1. The highest BCUT2D eigenvalue weighted by Gasteiger charge is 2.33. The van der Waals surface area contributed by atoms with E-state index in [0.29, 0.717) is 39.8 Å². The van der Waals surface area contributed by atoms with E-state index in [2.05, 4.69) is 5.32 Å². The molecule has 2 N–H and O–H groups in total. The molecule has 0 aliphatic carbocycles. The molecule has 0 spiro atoms. The van der Waals surface area contributed by atoms with Gasteiger partial charge >= 0.3 is 5.97 Å². The average Bonchev–Trinajstić information content (AvgIpc) is 2.94. The summed E-state index contributed by atoms with van der Waals surface area (Å²) >= 11 is 6.01. The molecule has 0 radical (unpaired) electrons. The molecule has 0 saturated carbocycles. The van der Waals surface area contributed by atoms with E-state index < -0.39 is 17.8 Å². The van der Waals surface area contributed by atoms with Gasteiger partial charge in [-0.25, -0.2) is 0 Å². The lowest BCUT2D eigenvalue weighted by Crippen LogP contribution is -2.31. The van der Waals surface area contributed by atoms with Gasteiger partial charge < -0.3 is 15.3 Å². The maximum Gasteiger partial charge on any atom is 0.307 e. The molecule has 0 fully saturated rings. The molecule has 3 aromatic rings. The minimum atomic E-state index is -0.958. The van der Waals surface area contributed by atoms with Gasteiger partial charge in [0.1, 0.15) is 6.42 Å². The second-order valence-electron chi connectivity index (χ2n) is 8.31. The van der Waals surface area contributed by atoms with Crippen LogP contribution in [0.25, 0.3) is 0 Å². The van der Waals surface area contributed by atoms with Crippen molar-refractivity contribution in [2.45, 2.75) is 26.3 Å².